The Hall–Kier alpha value is -3.02. The standard InChI is InChI=1S/C27H31FN2O3/c1-2-7-23(20-13-10-19(11-14-20)12-15-24(31)32)30-26(33)25(21-8-6-9-22(28)18-21)29-27(30)16-4-3-5-17-27/h6,8-11,13-14,18,23H,2-5,7,12,15-17H2,1H3,(H,31,32). The quantitative estimate of drug-likeness (QED) is 0.563. The Morgan fingerprint density at radius 1 is 1.15 bits per heavy atom. The van der Waals surface area contributed by atoms with Gasteiger partial charge >= 0.3 is 5.97 Å². The Labute approximate surface area is 194 Å². The average molecular weight is 451 g/mol. The van der Waals surface area contributed by atoms with Crippen LogP contribution in [0.3, 0.4) is 0 Å². The van der Waals surface area contributed by atoms with Crippen LogP contribution < -0.4 is 0 Å². The number of aliphatic imine (C=N–C) groups is 1. The van der Waals surface area contributed by atoms with E-state index in [1.54, 1.807) is 12.1 Å². The highest BCUT2D eigenvalue weighted by molar-refractivity contribution is 6.46. The highest BCUT2D eigenvalue weighted by Gasteiger charge is 2.50. The molecule has 6 heteroatoms. The van der Waals surface area contributed by atoms with Gasteiger partial charge in [-0.15, -0.1) is 0 Å². The normalized spacial score (nSPS) is 18.4. The molecule has 0 bridgehead atoms. The van der Waals surface area contributed by atoms with E-state index in [1.165, 1.54) is 12.1 Å². The SMILES string of the molecule is CCCC(c1ccc(CCC(=O)O)cc1)N1C(=O)C(c2cccc(F)c2)=NC12CCCCC2. The zero-order valence-corrected chi connectivity index (χ0v) is 19.1. The highest BCUT2D eigenvalue weighted by Crippen LogP contribution is 2.45. The molecule has 1 N–H and O–H groups in total. The summed E-state index contributed by atoms with van der Waals surface area (Å²) in [5, 5.41) is 8.96. The first kappa shape index (κ1) is 23.1. The average Bonchev–Trinajstić information content (AvgIpc) is 3.08. The molecular formula is C27H31FN2O3. The van der Waals surface area contributed by atoms with Crippen molar-refractivity contribution < 1.29 is 19.1 Å². The zero-order chi connectivity index (χ0) is 23.4. The van der Waals surface area contributed by atoms with Crippen LogP contribution in [-0.2, 0) is 16.0 Å². The van der Waals surface area contributed by atoms with Crippen LogP contribution in [0.4, 0.5) is 4.39 Å². The Morgan fingerprint density at radius 3 is 2.52 bits per heavy atom. The summed E-state index contributed by atoms with van der Waals surface area (Å²) in [4.78, 5) is 31.7. The van der Waals surface area contributed by atoms with E-state index in [2.05, 4.69) is 6.92 Å². The van der Waals surface area contributed by atoms with Crippen molar-refractivity contribution in [3.05, 3.63) is 71.0 Å². The molecule has 1 fully saturated rings. The molecule has 1 heterocycles. The number of carbonyl (C=O) groups is 2. The largest absolute Gasteiger partial charge is 0.481 e. The van der Waals surface area contributed by atoms with Crippen LogP contribution in [-0.4, -0.2) is 33.3 Å². The molecule has 33 heavy (non-hydrogen) atoms. The summed E-state index contributed by atoms with van der Waals surface area (Å²) in [6, 6.07) is 14.0. The molecule has 4 rings (SSSR count). The number of hydrogen-bond acceptors (Lipinski definition) is 3. The van der Waals surface area contributed by atoms with E-state index in [9.17, 15) is 14.0 Å². The highest BCUT2D eigenvalue weighted by atomic mass is 19.1. The van der Waals surface area contributed by atoms with Crippen molar-refractivity contribution in [3.63, 3.8) is 0 Å². The Morgan fingerprint density at radius 2 is 1.88 bits per heavy atom. The van der Waals surface area contributed by atoms with Gasteiger partial charge in [0.15, 0.2) is 0 Å². The molecule has 2 aliphatic rings. The number of halogens is 1. The van der Waals surface area contributed by atoms with Crippen molar-refractivity contribution in [2.75, 3.05) is 0 Å². The van der Waals surface area contributed by atoms with E-state index in [1.807, 2.05) is 29.2 Å². The van der Waals surface area contributed by atoms with Gasteiger partial charge in [-0.1, -0.05) is 56.2 Å². The molecular weight excluding hydrogens is 419 g/mol. The van der Waals surface area contributed by atoms with Gasteiger partial charge in [0.1, 0.15) is 17.2 Å². The second-order valence-corrected chi connectivity index (χ2v) is 9.13. The number of carboxylic acid groups (broad SMARTS) is 1. The molecule has 0 saturated heterocycles. The molecule has 1 aliphatic heterocycles. The lowest BCUT2D eigenvalue weighted by Crippen LogP contribution is -2.50. The van der Waals surface area contributed by atoms with Crippen molar-refractivity contribution in [2.24, 2.45) is 4.99 Å². The minimum atomic E-state index is -0.813. The number of amides is 1. The summed E-state index contributed by atoms with van der Waals surface area (Å²) in [6.45, 7) is 2.11. The number of carboxylic acids is 1. The zero-order valence-electron chi connectivity index (χ0n) is 19.1. The molecule has 5 nitrogen and oxygen atoms in total. The number of hydrogen-bond donors (Lipinski definition) is 1. The van der Waals surface area contributed by atoms with Gasteiger partial charge in [0.2, 0.25) is 0 Å². The lowest BCUT2D eigenvalue weighted by Gasteiger charge is -2.44. The van der Waals surface area contributed by atoms with Gasteiger partial charge in [-0.2, -0.15) is 0 Å². The summed E-state index contributed by atoms with van der Waals surface area (Å²) >= 11 is 0. The summed E-state index contributed by atoms with van der Waals surface area (Å²) in [5.74, 6) is -1.32. The fraction of sp³-hybridized carbons (Fsp3) is 0.444. The molecule has 174 valence electrons. The third-order valence-corrected chi connectivity index (χ3v) is 6.81. The van der Waals surface area contributed by atoms with Crippen LogP contribution in [0.15, 0.2) is 53.5 Å². The molecule has 1 atom stereocenters. The number of rotatable bonds is 8. The Bertz CT molecular complexity index is 1040. The first-order valence-corrected chi connectivity index (χ1v) is 11.9. The Balaban J connectivity index is 1.70. The van der Waals surface area contributed by atoms with Gasteiger partial charge in [0.25, 0.3) is 5.91 Å². The van der Waals surface area contributed by atoms with Crippen LogP contribution in [0.25, 0.3) is 0 Å². The molecule has 0 aromatic heterocycles. The molecule has 1 spiro atoms. The summed E-state index contributed by atoms with van der Waals surface area (Å²) in [7, 11) is 0. The van der Waals surface area contributed by atoms with Crippen LogP contribution in [0.5, 0.6) is 0 Å². The molecule has 0 radical (unpaired) electrons. The third kappa shape index (κ3) is 4.85. The van der Waals surface area contributed by atoms with Gasteiger partial charge in [-0.25, -0.2) is 4.39 Å². The lowest BCUT2D eigenvalue weighted by atomic mass is 9.86. The number of carbonyl (C=O) groups excluding carboxylic acids is 1. The van der Waals surface area contributed by atoms with Crippen LogP contribution in [0.1, 0.15) is 81.0 Å². The van der Waals surface area contributed by atoms with Crippen LogP contribution in [0.2, 0.25) is 0 Å². The van der Waals surface area contributed by atoms with Gasteiger partial charge in [0.05, 0.1) is 6.04 Å². The van der Waals surface area contributed by atoms with Crippen molar-refractivity contribution in [2.45, 2.75) is 76.4 Å². The fourth-order valence-corrected chi connectivity index (χ4v) is 5.22. The molecule has 2 aromatic carbocycles. The number of benzene rings is 2. The number of aliphatic carboxylic acids is 1. The maximum Gasteiger partial charge on any atom is 0.303 e. The molecule has 1 amide bonds. The van der Waals surface area contributed by atoms with E-state index >= 15 is 0 Å². The summed E-state index contributed by atoms with van der Waals surface area (Å²) in [6.07, 6.45) is 7.06. The summed E-state index contributed by atoms with van der Waals surface area (Å²) in [5.41, 5.74) is 2.30. The smallest absolute Gasteiger partial charge is 0.303 e. The maximum absolute atomic E-state index is 14.0. The van der Waals surface area contributed by atoms with Gasteiger partial charge in [-0.3, -0.25) is 14.6 Å². The molecule has 1 unspecified atom stereocenters. The minimum absolute atomic E-state index is 0.0935. The van der Waals surface area contributed by atoms with Crippen LogP contribution >= 0.6 is 0 Å². The minimum Gasteiger partial charge on any atom is -0.481 e. The first-order valence-electron chi connectivity index (χ1n) is 11.9. The van der Waals surface area contributed by atoms with Gasteiger partial charge in [-0.05, 0) is 61.8 Å². The van der Waals surface area contributed by atoms with E-state index in [0.29, 0.717) is 17.7 Å². The van der Waals surface area contributed by atoms with E-state index in [0.717, 1.165) is 56.1 Å². The second kappa shape index (κ2) is 9.86. The molecule has 1 saturated carbocycles. The summed E-state index contributed by atoms with van der Waals surface area (Å²) < 4.78 is 14.0. The van der Waals surface area contributed by atoms with E-state index < -0.39 is 11.6 Å². The molecule has 1 aliphatic carbocycles. The van der Waals surface area contributed by atoms with Crippen molar-refractivity contribution in [1.29, 1.82) is 0 Å². The predicted octanol–water partition coefficient (Wildman–Crippen LogP) is 5.68. The predicted molar refractivity (Wildman–Crippen MR) is 126 cm³/mol. The van der Waals surface area contributed by atoms with Crippen LogP contribution in [0, 0.1) is 5.82 Å². The Kier molecular flexibility index (Phi) is 6.91. The van der Waals surface area contributed by atoms with Crippen molar-refractivity contribution in [3.8, 4) is 0 Å². The monoisotopic (exact) mass is 450 g/mol. The van der Waals surface area contributed by atoms with Gasteiger partial charge < -0.3 is 10.0 Å². The topological polar surface area (TPSA) is 70.0 Å². The number of nitrogens with zero attached hydrogens (tertiary/aromatic N) is 2. The first-order chi connectivity index (χ1) is 15.9. The number of aryl methyl sites for hydroxylation is 1. The second-order valence-electron chi connectivity index (χ2n) is 9.13. The van der Waals surface area contributed by atoms with Crippen molar-refractivity contribution >= 4 is 17.6 Å². The third-order valence-electron chi connectivity index (χ3n) is 6.81. The maximum atomic E-state index is 14.0. The van der Waals surface area contributed by atoms with Gasteiger partial charge in [0, 0.05) is 12.0 Å². The van der Waals surface area contributed by atoms with E-state index in [4.69, 9.17) is 10.1 Å². The fourth-order valence-electron chi connectivity index (χ4n) is 5.22. The van der Waals surface area contributed by atoms with Crippen molar-refractivity contribution in [1.82, 2.24) is 4.90 Å². The van der Waals surface area contributed by atoms with E-state index in [-0.39, 0.29) is 24.2 Å². The lowest BCUT2D eigenvalue weighted by molar-refractivity contribution is -0.137. The molecule has 2 aromatic rings.